The van der Waals surface area contributed by atoms with E-state index in [0.29, 0.717) is 0 Å². The lowest BCUT2D eigenvalue weighted by Crippen LogP contribution is -2.22. The van der Waals surface area contributed by atoms with E-state index in [1.807, 2.05) is 13.8 Å². The molecular weight excluding hydrogens is 278 g/mol. The number of sulfonamides is 1. The molecule has 0 aliphatic rings. The van der Waals surface area contributed by atoms with Gasteiger partial charge in [0.2, 0.25) is 10.0 Å². The fourth-order valence-corrected chi connectivity index (χ4v) is 2.84. The summed E-state index contributed by atoms with van der Waals surface area (Å²) in [5.41, 5.74) is 0.0945. The number of thiophene rings is 1. The van der Waals surface area contributed by atoms with E-state index in [1.54, 1.807) is 0 Å². The van der Waals surface area contributed by atoms with Gasteiger partial charge in [-0.2, -0.15) is 0 Å². The van der Waals surface area contributed by atoms with Crippen molar-refractivity contribution < 1.29 is 23.1 Å². The first kappa shape index (κ1) is 14.9. The highest BCUT2D eigenvalue weighted by molar-refractivity contribution is 7.92. The Morgan fingerprint density at radius 1 is 1.56 bits per heavy atom. The molecule has 1 rings (SSSR count). The summed E-state index contributed by atoms with van der Waals surface area (Å²) in [7, 11) is -3.59. The van der Waals surface area contributed by atoms with E-state index in [2.05, 4.69) is 4.72 Å². The molecule has 102 valence electrons. The predicted octanol–water partition coefficient (Wildman–Crippen LogP) is 1.61. The summed E-state index contributed by atoms with van der Waals surface area (Å²) in [5, 5.41) is 10.4. The summed E-state index contributed by atoms with van der Waals surface area (Å²) in [6.45, 7) is 3.68. The van der Waals surface area contributed by atoms with Gasteiger partial charge >= 0.3 is 5.97 Å². The van der Waals surface area contributed by atoms with Crippen LogP contribution in [0.3, 0.4) is 0 Å². The van der Waals surface area contributed by atoms with Crippen LogP contribution < -0.4 is 4.72 Å². The van der Waals surface area contributed by atoms with Gasteiger partial charge in [0.1, 0.15) is 4.88 Å². The molecule has 0 atom stereocenters. The minimum absolute atomic E-state index is 0.0247. The van der Waals surface area contributed by atoms with Gasteiger partial charge in [-0.25, -0.2) is 13.2 Å². The highest BCUT2D eigenvalue weighted by atomic mass is 32.2. The predicted molar refractivity (Wildman–Crippen MR) is 69.8 cm³/mol. The Hall–Kier alpha value is -1.12. The molecule has 1 aromatic rings. The minimum Gasteiger partial charge on any atom is -0.477 e. The Morgan fingerprint density at radius 2 is 2.22 bits per heavy atom. The first-order valence-electron chi connectivity index (χ1n) is 5.24. The smallest absolute Gasteiger partial charge is 0.348 e. The maximum Gasteiger partial charge on any atom is 0.348 e. The molecule has 1 aromatic heterocycles. The average Bonchev–Trinajstić information content (AvgIpc) is 2.63. The average molecular weight is 293 g/mol. The summed E-state index contributed by atoms with van der Waals surface area (Å²) in [6.07, 6.45) is -0.0454. The molecule has 0 unspecified atom stereocenters. The first-order valence-corrected chi connectivity index (χ1v) is 7.78. The van der Waals surface area contributed by atoms with Crippen molar-refractivity contribution >= 4 is 33.0 Å². The van der Waals surface area contributed by atoms with E-state index >= 15 is 0 Å². The highest BCUT2D eigenvalue weighted by Gasteiger charge is 2.17. The summed E-state index contributed by atoms with van der Waals surface area (Å²) in [4.78, 5) is 10.8. The Morgan fingerprint density at radius 3 is 2.78 bits per heavy atom. The number of nitrogens with one attached hydrogen (secondary N) is 1. The zero-order chi connectivity index (χ0) is 13.8. The number of anilines is 1. The summed E-state index contributed by atoms with van der Waals surface area (Å²) < 4.78 is 30.7. The van der Waals surface area contributed by atoms with Gasteiger partial charge < -0.3 is 9.84 Å². The lowest BCUT2D eigenvalue weighted by atomic mass is 10.4. The Bertz CT molecular complexity index is 506. The molecule has 0 saturated heterocycles. The topological polar surface area (TPSA) is 92.7 Å². The lowest BCUT2D eigenvalue weighted by molar-refractivity contribution is 0.0703. The van der Waals surface area contributed by atoms with Crippen LogP contribution in [-0.4, -0.2) is 38.0 Å². The van der Waals surface area contributed by atoms with Crippen LogP contribution in [0.1, 0.15) is 23.5 Å². The number of aromatic carboxylic acids is 1. The normalized spacial score (nSPS) is 11.7. The van der Waals surface area contributed by atoms with Crippen molar-refractivity contribution in [2.45, 2.75) is 20.0 Å². The molecule has 0 amide bonds. The first-order chi connectivity index (χ1) is 8.32. The number of ether oxygens (including phenoxy) is 1. The largest absolute Gasteiger partial charge is 0.477 e. The molecular formula is C10H15NO5S2. The van der Waals surface area contributed by atoms with Crippen LogP contribution in [0, 0.1) is 0 Å². The molecule has 0 spiro atoms. The third-order valence-electron chi connectivity index (χ3n) is 1.93. The number of hydrogen-bond donors (Lipinski definition) is 2. The van der Waals surface area contributed by atoms with E-state index in [9.17, 15) is 13.2 Å². The molecule has 0 aromatic carbocycles. The molecule has 0 saturated carbocycles. The highest BCUT2D eigenvalue weighted by Crippen LogP contribution is 2.23. The van der Waals surface area contributed by atoms with Gasteiger partial charge in [0.05, 0.1) is 24.2 Å². The van der Waals surface area contributed by atoms with Crippen molar-refractivity contribution in [3.8, 4) is 0 Å². The van der Waals surface area contributed by atoms with Crippen molar-refractivity contribution in [2.75, 3.05) is 17.1 Å². The monoisotopic (exact) mass is 293 g/mol. The molecule has 0 fully saturated rings. The molecule has 1 heterocycles. The van der Waals surface area contributed by atoms with Crippen LogP contribution in [0.2, 0.25) is 0 Å². The Balaban J connectivity index is 2.65. The summed E-state index contributed by atoms with van der Waals surface area (Å²) in [6, 6.07) is 1.43. The van der Waals surface area contributed by atoms with E-state index in [0.717, 1.165) is 11.3 Å². The standard InChI is InChI=1S/C10H15NO5S2/c1-7(2)16-4-6-18(14,15)11-8-3-5-17-9(8)10(12)13/h3,5,7,11H,4,6H2,1-2H3,(H,12,13). The zero-order valence-electron chi connectivity index (χ0n) is 10.0. The molecule has 6 nitrogen and oxygen atoms in total. The van der Waals surface area contributed by atoms with Crippen molar-refractivity contribution in [3.05, 3.63) is 16.3 Å². The van der Waals surface area contributed by atoms with Gasteiger partial charge in [-0.05, 0) is 25.3 Å². The lowest BCUT2D eigenvalue weighted by Gasteiger charge is -2.09. The van der Waals surface area contributed by atoms with Gasteiger partial charge in [-0.1, -0.05) is 0 Å². The van der Waals surface area contributed by atoms with Crippen LogP contribution in [-0.2, 0) is 14.8 Å². The molecule has 2 N–H and O–H groups in total. The second-order valence-corrected chi connectivity index (χ2v) is 6.57. The van der Waals surface area contributed by atoms with Gasteiger partial charge in [0.15, 0.2) is 0 Å². The number of hydrogen-bond acceptors (Lipinski definition) is 5. The van der Waals surface area contributed by atoms with Gasteiger partial charge in [0.25, 0.3) is 0 Å². The third kappa shape index (κ3) is 4.63. The number of carboxylic acids is 1. The van der Waals surface area contributed by atoms with Gasteiger partial charge in [-0.15, -0.1) is 11.3 Å². The second-order valence-electron chi connectivity index (χ2n) is 3.81. The van der Waals surface area contributed by atoms with E-state index < -0.39 is 16.0 Å². The molecule has 8 heteroatoms. The van der Waals surface area contributed by atoms with Crippen molar-refractivity contribution in [1.29, 1.82) is 0 Å². The van der Waals surface area contributed by atoms with Crippen LogP contribution >= 0.6 is 11.3 Å². The summed E-state index contributed by atoms with van der Waals surface area (Å²) in [5.74, 6) is -1.36. The summed E-state index contributed by atoms with van der Waals surface area (Å²) >= 11 is 0.969. The van der Waals surface area contributed by atoms with Gasteiger partial charge in [-0.3, -0.25) is 4.72 Å². The second kappa shape index (κ2) is 6.17. The van der Waals surface area contributed by atoms with Crippen LogP contribution in [0.15, 0.2) is 11.4 Å². The quantitative estimate of drug-likeness (QED) is 0.796. The fraction of sp³-hybridized carbons (Fsp3) is 0.500. The number of rotatable bonds is 7. The van der Waals surface area contributed by atoms with Crippen LogP contribution in [0.5, 0.6) is 0 Å². The maximum atomic E-state index is 11.7. The van der Waals surface area contributed by atoms with Crippen molar-refractivity contribution in [2.24, 2.45) is 0 Å². The minimum atomic E-state index is -3.59. The number of carbonyl (C=O) groups is 1. The van der Waals surface area contributed by atoms with E-state index in [-0.39, 0.29) is 29.0 Å². The maximum absolute atomic E-state index is 11.7. The number of carboxylic acid groups (broad SMARTS) is 1. The van der Waals surface area contributed by atoms with Crippen LogP contribution in [0.25, 0.3) is 0 Å². The fourth-order valence-electron chi connectivity index (χ4n) is 1.17. The molecule has 0 radical (unpaired) electrons. The third-order valence-corrected chi connectivity index (χ3v) is 4.07. The Labute approximate surface area is 110 Å². The SMILES string of the molecule is CC(C)OCCS(=O)(=O)Nc1ccsc1C(=O)O. The van der Waals surface area contributed by atoms with Crippen LogP contribution in [0.4, 0.5) is 5.69 Å². The molecule has 0 aliphatic heterocycles. The molecule has 18 heavy (non-hydrogen) atoms. The van der Waals surface area contributed by atoms with Crippen molar-refractivity contribution in [3.63, 3.8) is 0 Å². The molecule has 0 aliphatic carbocycles. The van der Waals surface area contributed by atoms with E-state index in [1.165, 1.54) is 11.4 Å². The molecule has 0 bridgehead atoms. The van der Waals surface area contributed by atoms with Gasteiger partial charge in [0, 0.05) is 0 Å². The van der Waals surface area contributed by atoms with Crippen molar-refractivity contribution in [1.82, 2.24) is 0 Å². The Kier molecular flexibility index (Phi) is 5.12. The van der Waals surface area contributed by atoms with E-state index in [4.69, 9.17) is 9.84 Å². The zero-order valence-corrected chi connectivity index (χ0v) is 11.7.